The fourth-order valence-corrected chi connectivity index (χ4v) is 2.86. The monoisotopic (exact) mass is 272 g/mol. The Morgan fingerprint density at radius 3 is 2.56 bits per heavy atom. The van der Waals surface area contributed by atoms with Crippen molar-refractivity contribution in [3.63, 3.8) is 0 Å². The first-order valence-corrected chi connectivity index (χ1v) is 7.51. The molecule has 1 saturated carbocycles. The summed E-state index contributed by atoms with van der Waals surface area (Å²) >= 11 is 1.82. The van der Waals surface area contributed by atoms with Crippen LogP contribution in [0.3, 0.4) is 0 Å². The van der Waals surface area contributed by atoms with Crippen LogP contribution < -0.4 is 5.32 Å². The maximum absolute atomic E-state index is 11.8. The van der Waals surface area contributed by atoms with Gasteiger partial charge in [-0.2, -0.15) is 11.8 Å². The van der Waals surface area contributed by atoms with Crippen LogP contribution >= 0.6 is 11.8 Å². The highest BCUT2D eigenvalue weighted by atomic mass is 32.2. The molecule has 0 spiro atoms. The number of thioether (sulfide) groups is 1. The van der Waals surface area contributed by atoms with Gasteiger partial charge in [0.05, 0.1) is 5.92 Å². The molecular formula is C12H20N2O3S. The largest absolute Gasteiger partial charge is 0.481 e. The van der Waals surface area contributed by atoms with E-state index in [2.05, 4.69) is 11.6 Å². The number of carboxylic acid groups (broad SMARTS) is 1. The lowest BCUT2D eigenvalue weighted by atomic mass is 9.87. The number of likely N-dealkylation sites (tertiary alicyclic amines) is 1. The fourth-order valence-electron chi connectivity index (χ4n) is 2.14. The zero-order valence-electron chi connectivity index (χ0n) is 10.8. The molecule has 1 saturated heterocycles. The molecular weight excluding hydrogens is 252 g/mol. The van der Waals surface area contributed by atoms with Crippen molar-refractivity contribution in [1.82, 2.24) is 10.2 Å². The summed E-state index contributed by atoms with van der Waals surface area (Å²) in [5, 5.41) is 11.8. The third-order valence-electron chi connectivity index (χ3n) is 4.10. The SMILES string of the molecule is CSC1(CNC(=O)N2CC(C(C)C(=O)O)C2)CC1. The van der Waals surface area contributed by atoms with E-state index in [0.29, 0.717) is 13.1 Å². The van der Waals surface area contributed by atoms with Gasteiger partial charge in [-0.15, -0.1) is 0 Å². The highest BCUT2D eigenvalue weighted by molar-refractivity contribution is 8.00. The van der Waals surface area contributed by atoms with Crippen LogP contribution in [0.4, 0.5) is 4.79 Å². The molecule has 1 atom stereocenters. The van der Waals surface area contributed by atoms with Crippen LogP contribution in [-0.2, 0) is 4.79 Å². The van der Waals surface area contributed by atoms with Gasteiger partial charge in [-0.05, 0) is 19.1 Å². The molecule has 0 radical (unpaired) electrons. The van der Waals surface area contributed by atoms with Crippen LogP contribution in [0, 0.1) is 11.8 Å². The van der Waals surface area contributed by atoms with E-state index in [4.69, 9.17) is 5.11 Å². The standard InChI is InChI=1S/C12H20N2O3S/c1-8(10(15)16)9-5-14(6-9)11(17)13-7-12(18-2)3-4-12/h8-9H,3-7H2,1-2H3,(H,13,17)(H,15,16). The number of nitrogens with one attached hydrogen (secondary N) is 1. The van der Waals surface area contributed by atoms with Crippen molar-refractivity contribution in [1.29, 1.82) is 0 Å². The van der Waals surface area contributed by atoms with Gasteiger partial charge < -0.3 is 15.3 Å². The fraction of sp³-hybridized carbons (Fsp3) is 0.833. The Hall–Kier alpha value is -0.910. The molecule has 5 nitrogen and oxygen atoms in total. The quantitative estimate of drug-likeness (QED) is 0.790. The number of amides is 2. The topological polar surface area (TPSA) is 69.6 Å². The van der Waals surface area contributed by atoms with Crippen LogP contribution in [-0.4, -0.2) is 52.6 Å². The van der Waals surface area contributed by atoms with Crippen LogP contribution in [0.5, 0.6) is 0 Å². The van der Waals surface area contributed by atoms with E-state index in [1.54, 1.807) is 11.8 Å². The molecule has 2 fully saturated rings. The maximum Gasteiger partial charge on any atom is 0.317 e. The summed E-state index contributed by atoms with van der Waals surface area (Å²) in [6.07, 6.45) is 4.42. The number of nitrogens with zero attached hydrogens (tertiary/aromatic N) is 1. The molecule has 1 aliphatic heterocycles. The summed E-state index contributed by atoms with van der Waals surface area (Å²) in [4.78, 5) is 24.3. The molecule has 1 heterocycles. The minimum atomic E-state index is -0.778. The molecule has 18 heavy (non-hydrogen) atoms. The van der Waals surface area contributed by atoms with Gasteiger partial charge in [0.25, 0.3) is 0 Å². The van der Waals surface area contributed by atoms with Crippen molar-refractivity contribution in [2.24, 2.45) is 11.8 Å². The third-order valence-corrected chi connectivity index (χ3v) is 5.51. The molecule has 1 aliphatic carbocycles. The summed E-state index contributed by atoms with van der Waals surface area (Å²) in [6, 6.07) is -0.0517. The number of carbonyl (C=O) groups excluding carboxylic acids is 1. The third kappa shape index (κ3) is 2.74. The first kappa shape index (κ1) is 13.5. The molecule has 102 valence electrons. The molecule has 2 N–H and O–H groups in total. The van der Waals surface area contributed by atoms with E-state index < -0.39 is 5.97 Å². The zero-order chi connectivity index (χ0) is 13.3. The van der Waals surface area contributed by atoms with Crippen molar-refractivity contribution >= 4 is 23.8 Å². The van der Waals surface area contributed by atoms with Gasteiger partial charge in [-0.3, -0.25) is 4.79 Å². The van der Waals surface area contributed by atoms with Gasteiger partial charge in [0.1, 0.15) is 0 Å². The van der Waals surface area contributed by atoms with E-state index in [-0.39, 0.29) is 22.6 Å². The Morgan fingerprint density at radius 2 is 2.11 bits per heavy atom. The summed E-state index contributed by atoms with van der Waals surface area (Å²) < 4.78 is 0.272. The molecule has 0 bridgehead atoms. The first-order chi connectivity index (χ1) is 8.47. The molecule has 0 aromatic rings. The molecule has 1 unspecified atom stereocenters. The number of urea groups is 1. The Balaban J connectivity index is 1.69. The summed E-state index contributed by atoms with van der Waals surface area (Å²) in [5.74, 6) is -1.04. The normalized spacial score (nSPS) is 23.1. The van der Waals surface area contributed by atoms with E-state index in [0.717, 1.165) is 6.54 Å². The molecule has 2 rings (SSSR count). The van der Waals surface area contributed by atoms with E-state index in [1.807, 2.05) is 11.8 Å². The number of aliphatic carboxylic acids is 1. The second kappa shape index (κ2) is 4.99. The number of rotatable bonds is 5. The average molecular weight is 272 g/mol. The van der Waals surface area contributed by atoms with Crippen LogP contribution in [0.25, 0.3) is 0 Å². The lowest BCUT2D eigenvalue weighted by Crippen LogP contribution is -2.57. The molecule has 2 aliphatic rings. The summed E-state index contributed by atoms with van der Waals surface area (Å²) in [6.45, 7) is 3.55. The predicted molar refractivity (Wildman–Crippen MR) is 70.7 cm³/mol. The van der Waals surface area contributed by atoms with Crippen LogP contribution in [0.1, 0.15) is 19.8 Å². The van der Waals surface area contributed by atoms with E-state index >= 15 is 0 Å². The second-order valence-corrected chi connectivity index (χ2v) is 6.61. The lowest BCUT2D eigenvalue weighted by Gasteiger charge is -2.41. The van der Waals surface area contributed by atoms with Crippen molar-refractivity contribution in [3.8, 4) is 0 Å². The minimum absolute atomic E-state index is 0.0517. The maximum atomic E-state index is 11.8. The highest BCUT2D eigenvalue weighted by Crippen LogP contribution is 2.46. The summed E-state index contributed by atoms with van der Waals surface area (Å²) in [7, 11) is 0. The van der Waals surface area contributed by atoms with Crippen LogP contribution in [0.2, 0.25) is 0 Å². The van der Waals surface area contributed by atoms with Gasteiger partial charge in [0, 0.05) is 30.3 Å². The molecule has 0 aromatic heterocycles. The van der Waals surface area contributed by atoms with Gasteiger partial charge in [-0.25, -0.2) is 4.79 Å². The van der Waals surface area contributed by atoms with E-state index in [1.165, 1.54) is 12.8 Å². The summed E-state index contributed by atoms with van der Waals surface area (Å²) in [5.41, 5.74) is 0. The zero-order valence-corrected chi connectivity index (χ0v) is 11.6. The Morgan fingerprint density at radius 1 is 1.50 bits per heavy atom. The first-order valence-electron chi connectivity index (χ1n) is 6.28. The molecule has 6 heteroatoms. The van der Waals surface area contributed by atoms with Crippen LogP contribution in [0.15, 0.2) is 0 Å². The van der Waals surface area contributed by atoms with Gasteiger partial charge in [0.2, 0.25) is 0 Å². The van der Waals surface area contributed by atoms with Crippen molar-refractivity contribution < 1.29 is 14.7 Å². The number of hydrogen-bond donors (Lipinski definition) is 2. The van der Waals surface area contributed by atoms with Crippen molar-refractivity contribution in [2.45, 2.75) is 24.5 Å². The number of carbonyl (C=O) groups is 2. The smallest absolute Gasteiger partial charge is 0.317 e. The van der Waals surface area contributed by atoms with Gasteiger partial charge in [0.15, 0.2) is 0 Å². The van der Waals surface area contributed by atoms with Crippen molar-refractivity contribution in [3.05, 3.63) is 0 Å². The number of carboxylic acids is 1. The minimum Gasteiger partial charge on any atom is -0.481 e. The van der Waals surface area contributed by atoms with Crippen molar-refractivity contribution in [2.75, 3.05) is 25.9 Å². The predicted octanol–water partition coefficient (Wildman–Crippen LogP) is 1.24. The van der Waals surface area contributed by atoms with Gasteiger partial charge in [-0.1, -0.05) is 6.92 Å². The van der Waals surface area contributed by atoms with E-state index in [9.17, 15) is 9.59 Å². The van der Waals surface area contributed by atoms with Gasteiger partial charge >= 0.3 is 12.0 Å². The lowest BCUT2D eigenvalue weighted by molar-refractivity contribution is -0.144. The Labute approximate surface area is 111 Å². The molecule has 0 aromatic carbocycles. The highest BCUT2D eigenvalue weighted by Gasteiger charge is 2.43. The number of hydrogen-bond acceptors (Lipinski definition) is 3. The second-order valence-electron chi connectivity index (χ2n) is 5.34. The Kier molecular flexibility index (Phi) is 3.75. The average Bonchev–Trinajstić information content (AvgIpc) is 3.04. The Bertz CT molecular complexity index is 351. The molecule has 2 amide bonds.